The van der Waals surface area contributed by atoms with E-state index in [1.807, 2.05) is 19.0 Å². The largest absolute Gasteiger partial charge is 0.348 e. The van der Waals surface area contributed by atoms with E-state index in [0.29, 0.717) is 31.2 Å². The highest BCUT2D eigenvalue weighted by Gasteiger charge is 2.41. The Balaban J connectivity index is 1.46. The first-order valence-electron chi connectivity index (χ1n) is 13.5. The van der Waals surface area contributed by atoms with E-state index in [-0.39, 0.29) is 48.2 Å². The number of hydrogen-bond acceptors (Lipinski definition) is 7. The first-order valence-corrected chi connectivity index (χ1v) is 13.9. The highest BCUT2D eigenvalue weighted by atomic mass is 35.5. The molecular formula is C28H32ClFN8O4. The molecule has 2 aliphatic heterocycles. The van der Waals surface area contributed by atoms with Crippen LogP contribution in [0.2, 0.25) is 5.02 Å². The number of aromatic nitrogens is 3. The summed E-state index contributed by atoms with van der Waals surface area (Å²) in [6, 6.07) is 7.97. The molecule has 0 atom stereocenters. The number of fused-ring (bicyclic) bond motifs is 1. The molecule has 14 heteroatoms. The van der Waals surface area contributed by atoms with E-state index >= 15 is 0 Å². The van der Waals surface area contributed by atoms with Crippen LogP contribution in [0.1, 0.15) is 22.8 Å². The van der Waals surface area contributed by atoms with Gasteiger partial charge in [-0.2, -0.15) is 0 Å². The lowest BCUT2D eigenvalue weighted by Gasteiger charge is -2.42. The fourth-order valence-corrected chi connectivity index (χ4v) is 5.06. The fourth-order valence-electron chi connectivity index (χ4n) is 4.94. The lowest BCUT2D eigenvalue weighted by atomic mass is 9.99. The average molecular weight is 599 g/mol. The zero-order valence-corrected chi connectivity index (χ0v) is 24.4. The SMILES string of the molecule is CN(C)CCN1CCN(c2cnc3c(cc(C(=O)NCc4ccc(Cl)cc4)c(=O)n3CC(=O)N3CC(C)(F)C3)n2)C1=O. The molecule has 0 aliphatic carbocycles. The van der Waals surface area contributed by atoms with E-state index in [4.69, 9.17) is 11.6 Å². The number of amides is 4. The lowest BCUT2D eigenvalue weighted by Crippen LogP contribution is -2.60. The molecule has 42 heavy (non-hydrogen) atoms. The Bertz CT molecular complexity index is 1590. The van der Waals surface area contributed by atoms with Crippen LogP contribution in [0.5, 0.6) is 0 Å². The van der Waals surface area contributed by atoms with Crippen LogP contribution in [0.3, 0.4) is 0 Å². The van der Waals surface area contributed by atoms with Crippen LogP contribution in [-0.4, -0.2) is 106 Å². The maximum atomic E-state index is 14.1. The normalized spacial score (nSPS) is 16.3. The summed E-state index contributed by atoms with van der Waals surface area (Å²) in [5.41, 5.74) is -1.45. The number of carbonyl (C=O) groups is 3. The Hall–Kier alpha value is -4.10. The van der Waals surface area contributed by atoms with Gasteiger partial charge in [-0.3, -0.25) is 23.9 Å². The fraction of sp³-hybridized carbons (Fsp3) is 0.429. The summed E-state index contributed by atoms with van der Waals surface area (Å²) in [6.07, 6.45) is 1.37. The summed E-state index contributed by atoms with van der Waals surface area (Å²) in [7, 11) is 3.86. The van der Waals surface area contributed by atoms with Crippen molar-refractivity contribution in [3.05, 3.63) is 63.0 Å². The summed E-state index contributed by atoms with van der Waals surface area (Å²) in [5.74, 6) is -0.887. The van der Waals surface area contributed by atoms with Gasteiger partial charge in [0.2, 0.25) is 5.91 Å². The van der Waals surface area contributed by atoms with Gasteiger partial charge in [-0.1, -0.05) is 23.7 Å². The second kappa shape index (κ2) is 11.6. The molecule has 0 spiro atoms. The number of urea groups is 1. The highest BCUT2D eigenvalue weighted by Crippen LogP contribution is 2.25. The first-order chi connectivity index (χ1) is 19.9. The minimum atomic E-state index is -1.48. The number of pyridine rings is 1. The Morgan fingerprint density at radius 3 is 2.52 bits per heavy atom. The smallest absolute Gasteiger partial charge is 0.325 e. The maximum absolute atomic E-state index is 14.1. The topological polar surface area (TPSA) is 124 Å². The summed E-state index contributed by atoms with van der Waals surface area (Å²) >= 11 is 5.94. The number of alkyl halides is 1. The van der Waals surface area contributed by atoms with E-state index in [0.717, 1.165) is 10.1 Å². The van der Waals surface area contributed by atoms with E-state index < -0.39 is 29.6 Å². The van der Waals surface area contributed by atoms with Crippen molar-refractivity contribution >= 4 is 46.4 Å². The molecule has 0 radical (unpaired) electrons. The number of rotatable bonds is 9. The molecule has 2 saturated heterocycles. The molecule has 222 valence electrons. The molecule has 0 bridgehead atoms. The zero-order valence-electron chi connectivity index (χ0n) is 23.6. The van der Waals surface area contributed by atoms with Gasteiger partial charge in [-0.25, -0.2) is 19.2 Å². The molecule has 5 rings (SSSR count). The quantitative estimate of drug-likeness (QED) is 0.398. The van der Waals surface area contributed by atoms with Gasteiger partial charge in [-0.05, 0) is 44.8 Å². The van der Waals surface area contributed by atoms with Crippen molar-refractivity contribution < 1.29 is 18.8 Å². The van der Waals surface area contributed by atoms with Crippen LogP contribution in [0.4, 0.5) is 15.0 Å². The zero-order chi connectivity index (χ0) is 30.2. The van der Waals surface area contributed by atoms with Gasteiger partial charge in [0.1, 0.15) is 23.3 Å². The molecule has 2 aromatic heterocycles. The maximum Gasteiger partial charge on any atom is 0.325 e. The molecule has 0 unspecified atom stereocenters. The van der Waals surface area contributed by atoms with Crippen molar-refractivity contribution in [2.75, 3.05) is 58.3 Å². The van der Waals surface area contributed by atoms with Gasteiger partial charge in [0, 0.05) is 37.7 Å². The molecule has 0 saturated carbocycles. The van der Waals surface area contributed by atoms with Gasteiger partial charge >= 0.3 is 6.03 Å². The summed E-state index contributed by atoms with van der Waals surface area (Å²) in [4.78, 5) is 68.2. The number of anilines is 1. The Morgan fingerprint density at radius 1 is 1.14 bits per heavy atom. The number of likely N-dealkylation sites (N-methyl/N-ethyl adjacent to an activating group) is 1. The second-order valence-corrected chi connectivity index (χ2v) is 11.5. The van der Waals surface area contributed by atoms with Crippen LogP contribution in [0, 0.1) is 0 Å². The predicted molar refractivity (Wildman–Crippen MR) is 155 cm³/mol. The van der Waals surface area contributed by atoms with E-state index in [2.05, 4.69) is 15.3 Å². The summed E-state index contributed by atoms with van der Waals surface area (Å²) in [5, 5.41) is 3.27. The third kappa shape index (κ3) is 6.21. The molecular weight excluding hydrogens is 567 g/mol. The number of nitrogens with zero attached hydrogens (tertiary/aromatic N) is 7. The van der Waals surface area contributed by atoms with Crippen molar-refractivity contribution in [2.45, 2.75) is 25.7 Å². The van der Waals surface area contributed by atoms with Gasteiger partial charge in [0.15, 0.2) is 11.5 Å². The predicted octanol–water partition coefficient (Wildman–Crippen LogP) is 1.75. The third-order valence-electron chi connectivity index (χ3n) is 7.27. The third-order valence-corrected chi connectivity index (χ3v) is 7.52. The monoisotopic (exact) mass is 598 g/mol. The number of hydrogen-bond donors (Lipinski definition) is 1. The minimum absolute atomic E-state index is 0.0750. The summed E-state index contributed by atoms with van der Waals surface area (Å²) < 4.78 is 15.1. The molecule has 1 N–H and O–H groups in total. The molecule has 2 aliphatic rings. The standard InChI is InChI=1S/C28H32ClFN8O4/c1-28(30)16-36(17-28)23(39)15-38-24-21(12-20(26(38)41)25(40)32-13-18-4-6-19(29)7-5-18)33-22(14-31-24)37-11-10-35(27(37)42)9-8-34(2)3/h4-7,12,14H,8-11,13,15-17H2,1-3H3,(H,32,40). The molecule has 1 aromatic carbocycles. The highest BCUT2D eigenvalue weighted by molar-refractivity contribution is 6.30. The van der Waals surface area contributed by atoms with Gasteiger partial charge in [0.05, 0.1) is 19.3 Å². The van der Waals surface area contributed by atoms with E-state index in [1.165, 1.54) is 29.0 Å². The van der Waals surface area contributed by atoms with Crippen LogP contribution >= 0.6 is 11.6 Å². The number of benzene rings is 1. The van der Waals surface area contributed by atoms with E-state index in [9.17, 15) is 23.6 Å². The Labute approximate surface area is 246 Å². The van der Waals surface area contributed by atoms with Crippen molar-refractivity contribution in [1.29, 1.82) is 0 Å². The number of likely N-dealkylation sites (tertiary alicyclic amines) is 1. The second-order valence-electron chi connectivity index (χ2n) is 11.1. The molecule has 12 nitrogen and oxygen atoms in total. The van der Waals surface area contributed by atoms with Crippen molar-refractivity contribution in [3.63, 3.8) is 0 Å². The van der Waals surface area contributed by atoms with Crippen LogP contribution in [-0.2, 0) is 17.9 Å². The van der Waals surface area contributed by atoms with Crippen LogP contribution < -0.4 is 15.8 Å². The first kappa shape index (κ1) is 29.4. The summed E-state index contributed by atoms with van der Waals surface area (Å²) in [6.45, 7) is 3.09. The Morgan fingerprint density at radius 2 is 1.86 bits per heavy atom. The molecule has 2 fully saturated rings. The minimum Gasteiger partial charge on any atom is -0.348 e. The van der Waals surface area contributed by atoms with Crippen molar-refractivity contribution in [3.8, 4) is 0 Å². The number of nitrogens with one attached hydrogen (secondary N) is 1. The van der Waals surface area contributed by atoms with Gasteiger partial charge in [-0.15, -0.1) is 0 Å². The van der Waals surface area contributed by atoms with Gasteiger partial charge in [0.25, 0.3) is 11.5 Å². The van der Waals surface area contributed by atoms with Crippen molar-refractivity contribution in [2.24, 2.45) is 0 Å². The van der Waals surface area contributed by atoms with Crippen LogP contribution in [0.25, 0.3) is 11.2 Å². The van der Waals surface area contributed by atoms with E-state index in [1.54, 1.807) is 29.2 Å². The molecule has 4 heterocycles. The van der Waals surface area contributed by atoms with Crippen LogP contribution in [0.15, 0.2) is 41.3 Å². The number of halogens is 2. The molecule has 3 aromatic rings. The Kier molecular flexibility index (Phi) is 8.15. The number of carbonyl (C=O) groups excluding carboxylic acids is 3. The van der Waals surface area contributed by atoms with Gasteiger partial charge < -0.3 is 20.0 Å². The molecule has 4 amide bonds. The lowest BCUT2D eigenvalue weighted by molar-refractivity contribution is -0.144. The average Bonchev–Trinajstić information content (AvgIpc) is 3.30. The van der Waals surface area contributed by atoms with Crippen molar-refractivity contribution in [1.82, 2.24) is 34.6 Å².